The Hall–Kier alpha value is -3.33. The summed E-state index contributed by atoms with van der Waals surface area (Å²) in [7, 11) is 0. The number of hydrogen-bond acceptors (Lipinski definition) is 5. The molecule has 0 bridgehead atoms. The molecule has 2 heterocycles. The summed E-state index contributed by atoms with van der Waals surface area (Å²) in [6, 6.07) is 11.2. The SMILES string of the molecule is CCC.CCC(c1ccc(C)cc1)n1cnc(-c2cc(/C(N)=C(/NN)C(F)(F)F)ccn2)c1. The van der Waals surface area contributed by atoms with E-state index in [0.29, 0.717) is 11.4 Å². The van der Waals surface area contributed by atoms with Crippen molar-refractivity contribution in [2.24, 2.45) is 11.6 Å². The smallest absolute Gasteiger partial charge is 0.397 e. The Morgan fingerprint density at radius 3 is 2.24 bits per heavy atom. The minimum Gasteiger partial charge on any atom is -0.397 e. The van der Waals surface area contributed by atoms with E-state index in [0.717, 1.165) is 12.0 Å². The van der Waals surface area contributed by atoms with Crippen molar-refractivity contribution in [3.05, 3.63) is 77.5 Å². The molecule has 0 saturated heterocycles. The maximum Gasteiger partial charge on any atom is 0.434 e. The number of pyridine rings is 1. The Morgan fingerprint density at radius 2 is 1.70 bits per heavy atom. The molecule has 2 aromatic heterocycles. The maximum absolute atomic E-state index is 13.1. The van der Waals surface area contributed by atoms with Crippen molar-refractivity contribution in [2.75, 3.05) is 0 Å². The quantitative estimate of drug-likeness (QED) is 0.342. The van der Waals surface area contributed by atoms with Crippen LogP contribution in [0.1, 0.15) is 56.3 Å². The average molecular weight is 461 g/mol. The Kier molecular flexibility index (Phi) is 9.04. The molecule has 0 fully saturated rings. The van der Waals surface area contributed by atoms with Crippen LogP contribution in [0.25, 0.3) is 17.1 Å². The van der Waals surface area contributed by atoms with Gasteiger partial charge in [-0.1, -0.05) is 57.0 Å². The van der Waals surface area contributed by atoms with Crippen molar-refractivity contribution < 1.29 is 13.2 Å². The maximum atomic E-state index is 13.1. The second kappa shape index (κ2) is 11.5. The van der Waals surface area contributed by atoms with Crippen LogP contribution in [0.15, 0.2) is 60.8 Å². The molecule has 33 heavy (non-hydrogen) atoms. The van der Waals surface area contributed by atoms with Gasteiger partial charge < -0.3 is 15.7 Å². The van der Waals surface area contributed by atoms with E-state index in [4.69, 9.17) is 11.6 Å². The fourth-order valence-electron chi connectivity index (χ4n) is 3.24. The highest BCUT2D eigenvalue weighted by atomic mass is 19.4. The van der Waals surface area contributed by atoms with Gasteiger partial charge in [-0.2, -0.15) is 13.2 Å². The molecule has 0 spiro atoms. The third-order valence-electron chi connectivity index (χ3n) is 4.84. The molecule has 3 aromatic rings. The summed E-state index contributed by atoms with van der Waals surface area (Å²) in [6.07, 6.45) is 2.30. The van der Waals surface area contributed by atoms with Gasteiger partial charge in [0.1, 0.15) is 5.69 Å². The highest BCUT2D eigenvalue weighted by Crippen LogP contribution is 2.29. The number of nitrogens with two attached hydrogens (primary N) is 2. The molecule has 9 heteroatoms. The summed E-state index contributed by atoms with van der Waals surface area (Å²) in [4.78, 5) is 8.63. The predicted octanol–water partition coefficient (Wildman–Crippen LogP) is 5.32. The fourth-order valence-corrected chi connectivity index (χ4v) is 3.24. The number of aryl methyl sites for hydroxylation is 1. The molecular weight excluding hydrogens is 429 g/mol. The number of hydrogen-bond donors (Lipinski definition) is 3. The molecule has 0 aliphatic carbocycles. The van der Waals surface area contributed by atoms with Crippen molar-refractivity contribution in [3.8, 4) is 11.4 Å². The Bertz CT molecular complexity index is 1050. The minimum atomic E-state index is -4.70. The first-order chi connectivity index (χ1) is 15.7. The highest BCUT2D eigenvalue weighted by molar-refractivity contribution is 5.69. The van der Waals surface area contributed by atoms with E-state index in [-0.39, 0.29) is 11.6 Å². The molecule has 178 valence electrons. The van der Waals surface area contributed by atoms with Crippen LogP contribution in [0.2, 0.25) is 0 Å². The lowest BCUT2D eigenvalue weighted by Crippen LogP contribution is -2.34. The number of nitrogens with zero attached hydrogens (tertiary/aromatic N) is 3. The van der Waals surface area contributed by atoms with Gasteiger partial charge in [0.05, 0.1) is 23.8 Å². The van der Waals surface area contributed by atoms with Gasteiger partial charge in [-0.05, 0) is 31.0 Å². The number of allylic oxidation sites excluding steroid dienone is 1. The van der Waals surface area contributed by atoms with Gasteiger partial charge in [0.2, 0.25) is 0 Å². The number of benzene rings is 1. The van der Waals surface area contributed by atoms with E-state index in [9.17, 15) is 13.2 Å². The second-order valence-corrected chi connectivity index (χ2v) is 7.61. The number of nitrogens with one attached hydrogen (secondary N) is 1. The van der Waals surface area contributed by atoms with E-state index in [1.807, 2.05) is 17.7 Å². The second-order valence-electron chi connectivity index (χ2n) is 7.61. The van der Waals surface area contributed by atoms with Crippen molar-refractivity contribution in [3.63, 3.8) is 0 Å². The monoisotopic (exact) mass is 460 g/mol. The normalized spacial score (nSPS) is 13.0. The third-order valence-corrected chi connectivity index (χ3v) is 4.84. The van der Waals surface area contributed by atoms with Crippen LogP contribution in [0, 0.1) is 6.92 Å². The lowest BCUT2D eigenvalue weighted by molar-refractivity contribution is -0.0961. The largest absolute Gasteiger partial charge is 0.434 e. The van der Waals surface area contributed by atoms with Crippen LogP contribution in [0.3, 0.4) is 0 Å². The third kappa shape index (κ3) is 6.58. The van der Waals surface area contributed by atoms with Gasteiger partial charge in [-0.15, -0.1) is 0 Å². The van der Waals surface area contributed by atoms with Crippen LogP contribution in [-0.4, -0.2) is 20.7 Å². The number of halogens is 3. The number of aromatic nitrogens is 3. The first kappa shape index (κ1) is 25.9. The first-order valence-electron chi connectivity index (χ1n) is 10.8. The molecule has 5 N–H and O–H groups in total. The van der Waals surface area contributed by atoms with Crippen molar-refractivity contribution in [1.82, 2.24) is 20.0 Å². The first-order valence-corrected chi connectivity index (χ1v) is 10.8. The van der Waals surface area contributed by atoms with Crippen LogP contribution in [0.5, 0.6) is 0 Å². The molecule has 0 saturated carbocycles. The van der Waals surface area contributed by atoms with E-state index in [2.05, 4.69) is 55.0 Å². The van der Waals surface area contributed by atoms with Crippen LogP contribution in [-0.2, 0) is 0 Å². The van der Waals surface area contributed by atoms with Gasteiger partial charge in [0.25, 0.3) is 0 Å². The number of hydrazine groups is 1. The molecular formula is C24H31F3N6. The standard InChI is InChI=1S/C21H23F3N6.C3H8/c1-3-18(14-6-4-13(2)5-7-14)30-11-17(28-12-30)16-10-15(8-9-27-16)19(25)20(29-26)21(22,23)24;1-3-2/h4-12,18,29H,3,25-26H2,1-2H3;3H2,1-2H3/b20-19-;. The molecule has 1 aromatic carbocycles. The topological polar surface area (TPSA) is 94.8 Å². The predicted molar refractivity (Wildman–Crippen MR) is 126 cm³/mol. The van der Waals surface area contributed by atoms with Gasteiger partial charge >= 0.3 is 6.18 Å². The van der Waals surface area contributed by atoms with E-state index in [1.54, 1.807) is 11.8 Å². The highest BCUT2D eigenvalue weighted by Gasteiger charge is 2.36. The summed E-state index contributed by atoms with van der Waals surface area (Å²) in [5.41, 5.74) is 9.03. The van der Waals surface area contributed by atoms with Crippen LogP contribution >= 0.6 is 0 Å². The lowest BCUT2D eigenvalue weighted by Gasteiger charge is -2.17. The summed E-state index contributed by atoms with van der Waals surface area (Å²) in [5, 5.41) is 0. The molecule has 0 aliphatic rings. The summed E-state index contributed by atoms with van der Waals surface area (Å²) >= 11 is 0. The van der Waals surface area contributed by atoms with E-state index in [1.165, 1.54) is 30.3 Å². The molecule has 3 rings (SSSR count). The zero-order chi connectivity index (χ0) is 24.6. The lowest BCUT2D eigenvalue weighted by atomic mass is 10.0. The molecule has 6 nitrogen and oxygen atoms in total. The van der Waals surface area contributed by atoms with Gasteiger partial charge in [-0.3, -0.25) is 10.8 Å². The van der Waals surface area contributed by atoms with Crippen molar-refractivity contribution in [1.29, 1.82) is 0 Å². The minimum absolute atomic E-state index is 0.0817. The van der Waals surface area contributed by atoms with Crippen molar-refractivity contribution >= 4 is 5.70 Å². The summed E-state index contributed by atoms with van der Waals surface area (Å²) in [5.74, 6) is 5.02. The summed E-state index contributed by atoms with van der Waals surface area (Å²) in [6.45, 7) is 8.36. The van der Waals surface area contributed by atoms with Crippen molar-refractivity contribution in [2.45, 2.75) is 52.8 Å². The number of rotatable bonds is 6. The number of imidazole rings is 1. The van der Waals surface area contributed by atoms with Gasteiger partial charge in [0.15, 0.2) is 5.70 Å². The molecule has 0 radical (unpaired) electrons. The molecule has 0 amide bonds. The molecule has 1 atom stereocenters. The van der Waals surface area contributed by atoms with Crippen LogP contribution in [0.4, 0.5) is 13.2 Å². The zero-order valence-corrected chi connectivity index (χ0v) is 19.3. The molecule has 1 unspecified atom stereocenters. The fraction of sp³-hybridized carbons (Fsp3) is 0.333. The Morgan fingerprint density at radius 1 is 1.06 bits per heavy atom. The average Bonchev–Trinajstić information content (AvgIpc) is 3.25. The van der Waals surface area contributed by atoms with Crippen LogP contribution < -0.4 is 17.0 Å². The summed E-state index contributed by atoms with van der Waals surface area (Å²) < 4.78 is 41.2. The van der Waals surface area contributed by atoms with Gasteiger partial charge in [-0.25, -0.2) is 4.98 Å². The Labute approximate surface area is 192 Å². The zero-order valence-electron chi connectivity index (χ0n) is 19.3. The van der Waals surface area contributed by atoms with E-state index >= 15 is 0 Å². The van der Waals surface area contributed by atoms with Gasteiger partial charge in [0, 0.05) is 18.0 Å². The number of alkyl halides is 3. The van der Waals surface area contributed by atoms with E-state index < -0.39 is 17.6 Å². The molecule has 0 aliphatic heterocycles. The Balaban J connectivity index is 0.00000122.